The van der Waals surface area contributed by atoms with E-state index in [-0.39, 0.29) is 11.9 Å². The van der Waals surface area contributed by atoms with Crippen molar-refractivity contribution in [3.05, 3.63) is 60.6 Å². The third-order valence-corrected chi connectivity index (χ3v) is 4.68. The van der Waals surface area contributed by atoms with Gasteiger partial charge in [0.2, 0.25) is 0 Å². The SMILES string of the molecule is Cc1cnc(-c2cccnc2)n1C1CCCN(C(=O)c2ccco2)C1. The van der Waals surface area contributed by atoms with Crippen LogP contribution in [0.3, 0.4) is 0 Å². The van der Waals surface area contributed by atoms with E-state index in [1.807, 2.05) is 29.4 Å². The van der Waals surface area contributed by atoms with Crippen LogP contribution in [0.15, 0.2) is 53.5 Å². The second kappa shape index (κ2) is 6.55. The molecule has 6 nitrogen and oxygen atoms in total. The van der Waals surface area contributed by atoms with Gasteiger partial charge in [-0.3, -0.25) is 9.78 Å². The number of piperidine rings is 1. The van der Waals surface area contributed by atoms with Gasteiger partial charge in [-0.1, -0.05) is 0 Å². The van der Waals surface area contributed by atoms with E-state index in [0.29, 0.717) is 12.3 Å². The Balaban J connectivity index is 1.62. The van der Waals surface area contributed by atoms with Crippen LogP contribution in [-0.2, 0) is 0 Å². The Kier molecular flexibility index (Phi) is 4.09. The number of furan rings is 1. The molecule has 0 spiro atoms. The number of likely N-dealkylation sites (tertiary alicyclic amines) is 1. The standard InChI is InChI=1S/C19H20N4O2/c1-14-11-21-18(15-5-2-8-20-12-15)23(14)16-6-3-9-22(13-16)19(24)17-7-4-10-25-17/h2,4-5,7-8,10-12,16H,3,6,9,13H2,1H3. The summed E-state index contributed by atoms with van der Waals surface area (Å²) in [5.41, 5.74) is 2.08. The van der Waals surface area contributed by atoms with Crippen LogP contribution >= 0.6 is 0 Å². The molecule has 0 bridgehead atoms. The van der Waals surface area contributed by atoms with Crippen molar-refractivity contribution in [2.45, 2.75) is 25.8 Å². The Morgan fingerprint density at radius 3 is 2.96 bits per heavy atom. The van der Waals surface area contributed by atoms with E-state index in [9.17, 15) is 4.79 Å². The number of rotatable bonds is 3. The van der Waals surface area contributed by atoms with Crippen molar-refractivity contribution in [3.8, 4) is 11.4 Å². The maximum Gasteiger partial charge on any atom is 0.289 e. The highest BCUT2D eigenvalue weighted by molar-refractivity contribution is 5.91. The van der Waals surface area contributed by atoms with Gasteiger partial charge in [-0.05, 0) is 44.0 Å². The highest BCUT2D eigenvalue weighted by atomic mass is 16.3. The molecule has 4 rings (SSSR count). The molecule has 1 aliphatic rings. The van der Waals surface area contributed by atoms with E-state index in [4.69, 9.17) is 4.42 Å². The second-order valence-electron chi connectivity index (χ2n) is 6.36. The van der Waals surface area contributed by atoms with Crippen LogP contribution in [-0.4, -0.2) is 38.4 Å². The summed E-state index contributed by atoms with van der Waals surface area (Å²) in [7, 11) is 0. The molecular formula is C19H20N4O2. The number of pyridine rings is 1. The van der Waals surface area contributed by atoms with Gasteiger partial charge in [-0.2, -0.15) is 0 Å². The van der Waals surface area contributed by atoms with Crippen molar-refractivity contribution in [2.24, 2.45) is 0 Å². The van der Waals surface area contributed by atoms with Crippen molar-refractivity contribution in [1.29, 1.82) is 0 Å². The summed E-state index contributed by atoms with van der Waals surface area (Å²) in [6.07, 6.45) is 8.99. The fourth-order valence-corrected chi connectivity index (χ4v) is 3.52. The normalized spacial score (nSPS) is 17.6. The summed E-state index contributed by atoms with van der Waals surface area (Å²) in [5, 5.41) is 0. The number of amides is 1. The molecule has 0 aromatic carbocycles. The van der Waals surface area contributed by atoms with Crippen molar-refractivity contribution in [2.75, 3.05) is 13.1 Å². The predicted octanol–water partition coefficient (Wildman–Crippen LogP) is 3.32. The van der Waals surface area contributed by atoms with Gasteiger partial charge in [-0.15, -0.1) is 0 Å². The molecule has 3 aromatic rings. The van der Waals surface area contributed by atoms with Crippen LogP contribution in [0.2, 0.25) is 0 Å². The van der Waals surface area contributed by atoms with Gasteiger partial charge in [0, 0.05) is 42.9 Å². The first-order valence-electron chi connectivity index (χ1n) is 8.51. The van der Waals surface area contributed by atoms with Crippen LogP contribution < -0.4 is 0 Å². The minimum atomic E-state index is -0.0459. The average molecular weight is 336 g/mol. The molecule has 0 saturated carbocycles. The van der Waals surface area contributed by atoms with Crippen LogP contribution in [0.25, 0.3) is 11.4 Å². The number of imidazole rings is 1. The van der Waals surface area contributed by atoms with Gasteiger partial charge < -0.3 is 13.9 Å². The highest BCUT2D eigenvalue weighted by Gasteiger charge is 2.28. The molecule has 25 heavy (non-hydrogen) atoms. The maximum absolute atomic E-state index is 12.6. The van der Waals surface area contributed by atoms with Gasteiger partial charge in [0.25, 0.3) is 5.91 Å². The largest absolute Gasteiger partial charge is 0.459 e. The van der Waals surface area contributed by atoms with Crippen LogP contribution in [0.4, 0.5) is 0 Å². The molecule has 3 aromatic heterocycles. The number of carbonyl (C=O) groups excluding carboxylic acids is 1. The minimum Gasteiger partial charge on any atom is -0.459 e. The Morgan fingerprint density at radius 2 is 2.20 bits per heavy atom. The fraction of sp³-hybridized carbons (Fsp3) is 0.316. The Morgan fingerprint density at radius 1 is 1.28 bits per heavy atom. The molecule has 1 unspecified atom stereocenters. The number of aromatic nitrogens is 3. The van der Waals surface area contributed by atoms with Gasteiger partial charge in [0.1, 0.15) is 5.82 Å². The van der Waals surface area contributed by atoms with Crippen LogP contribution in [0.5, 0.6) is 0 Å². The average Bonchev–Trinajstić information content (AvgIpc) is 3.32. The zero-order valence-electron chi connectivity index (χ0n) is 14.1. The molecule has 0 radical (unpaired) electrons. The van der Waals surface area contributed by atoms with E-state index >= 15 is 0 Å². The number of hydrogen-bond acceptors (Lipinski definition) is 4. The summed E-state index contributed by atoms with van der Waals surface area (Å²) in [4.78, 5) is 23.3. The van der Waals surface area contributed by atoms with E-state index in [1.165, 1.54) is 6.26 Å². The number of hydrogen-bond donors (Lipinski definition) is 0. The lowest BCUT2D eigenvalue weighted by atomic mass is 10.0. The monoisotopic (exact) mass is 336 g/mol. The summed E-state index contributed by atoms with van der Waals surface area (Å²) in [5.74, 6) is 1.26. The molecule has 1 amide bonds. The third-order valence-electron chi connectivity index (χ3n) is 4.68. The van der Waals surface area contributed by atoms with Gasteiger partial charge in [0.05, 0.1) is 12.3 Å². The summed E-state index contributed by atoms with van der Waals surface area (Å²) < 4.78 is 7.51. The lowest BCUT2D eigenvalue weighted by Gasteiger charge is -2.34. The molecule has 0 N–H and O–H groups in total. The zero-order valence-corrected chi connectivity index (χ0v) is 14.1. The fourth-order valence-electron chi connectivity index (χ4n) is 3.52. The van der Waals surface area contributed by atoms with E-state index < -0.39 is 0 Å². The number of aryl methyl sites for hydroxylation is 1. The molecule has 0 aliphatic carbocycles. The predicted molar refractivity (Wildman–Crippen MR) is 93.1 cm³/mol. The lowest BCUT2D eigenvalue weighted by Crippen LogP contribution is -2.40. The first kappa shape index (κ1) is 15.6. The summed E-state index contributed by atoms with van der Waals surface area (Å²) in [6.45, 7) is 3.47. The first-order valence-corrected chi connectivity index (χ1v) is 8.51. The van der Waals surface area contributed by atoms with Crippen molar-refractivity contribution in [1.82, 2.24) is 19.4 Å². The molecule has 1 aliphatic heterocycles. The number of carbonyl (C=O) groups is 1. The lowest BCUT2D eigenvalue weighted by molar-refractivity contribution is 0.0647. The van der Waals surface area contributed by atoms with E-state index in [1.54, 1.807) is 18.3 Å². The second-order valence-corrected chi connectivity index (χ2v) is 6.36. The topological polar surface area (TPSA) is 64.2 Å². The minimum absolute atomic E-state index is 0.0459. The molecule has 128 valence electrons. The van der Waals surface area contributed by atoms with Crippen LogP contribution in [0.1, 0.15) is 35.1 Å². The van der Waals surface area contributed by atoms with Crippen molar-refractivity contribution < 1.29 is 9.21 Å². The molecule has 6 heteroatoms. The maximum atomic E-state index is 12.6. The van der Waals surface area contributed by atoms with Gasteiger partial charge >= 0.3 is 0 Å². The Hall–Kier alpha value is -2.89. The first-order chi connectivity index (χ1) is 12.2. The van der Waals surface area contributed by atoms with E-state index in [2.05, 4.69) is 21.5 Å². The summed E-state index contributed by atoms with van der Waals surface area (Å²) in [6, 6.07) is 7.59. The smallest absolute Gasteiger partial charge is 0.289 e. The Bertz CT molecular complexity index is 855. The molecule has 1 fully saturated rings. The molecular weight excluding hydrogens is 316 g/mol. The van der Waals surface area contributed by atoms with Gasteiger partial charge in [0.15, 0.2) is 5.76 Å². The van der Waals surface area contributed by atoms with Gasteiger partial charge in [-0.25, -0.2) is 4.98 Å². The van der Waals surface area contributed by atoms with Crippen molar-refractivity contribution in [3.63, 3.8) is 0 Å². The quantitative estimate of drug-likeness (QED) is 0.736. The van der Waals surface area contributed by atoms with Crippen LogP contribution in [0, 0.1) is 6.92 Å². The Labute approximate surface area is 146 Å². The molecule has 4 heterocycles. The highest BCUT2D eigenvalue weighted by Crippen LogP contribution is 2.29. The molecule has 1 saturated heterocycles. The van der Waals surface area contributed by atoms with Crippen molar-refractivity contribution >= 4 is 5.91 Å². The third kappa shape index (κ3) is 2.95. The zero-order chi connectivity index (χ0) is 17.2. The number of nitrogens with zero attached hydrogens (tertiary/aromatic N) is 4. The van der Waals surface area contributed by atoms with E-state index in [0.717, 1.165) is 36.5 Å². The summed E-state index contributed by atoms with van der Waals surface area (Å²) >= 11 is 0. The molecule has 1 atom stereocenters.